The van der Waals surface area contributed by atoms with Gasteiger partial charge in [-0.25, -0.2) is 4.79 Å². The summed E-state index contributed by atoms with van der Waals surface area (Å²) in [6.07, 6.45) is 2.46. The van der Waals surface area contributed by atoms with E-state index in [1.165, 1.54) is 0 Å². The summed E-state index contributed by atoms with van der Waals surface area (Å²) in [5, 5.41) is 19.3. The van der Waals surface area contributed by atoms with Crippen molar-refractivity contribution in [2.45, 2.75) is 56.7 Å². The van der Waals surface area contributed by atoms with Gasteiger partial charge in [-0.1, -0.05) is 11.6 Å². The van der Waals surface area contributed by atoms with Crippen molar-refractivity contribution in [1.82, 2.24) is 15.1 Å². The highest BCUT2D eigenvalue weighted by Crippen LogP contribution is 2.51. The Morgan fingerprint density at radius 2 is 1.91 bits per heavy atom. The molecule has 3 heterocycles. The average Bonchev–Trinajstić information content (AvgIpc) is 2.93. The summed E-state index contributed by atoms with van der Waals surface area (Å²) in [4.78, 5) is 15.7. The molecule has 2 saturated heterocycles. The normalized spacial score (nSPS) is 26.8. The van der Waals surface area contributed by atoms with Crippen LogP contribution in [0.4, 0.5) is 10.6 Å². The first-order valence-corrected chi connectivity index (χ1v) is 11.1. The molecule has 1 amide bonds. The number of amides is 1. The lowest BCUT2D eigenvalue weighted by Gasteiger charge is -2.51. The van der Waals surface area contributed by atoms with Crippen LogP contribution in [-0.2, 0) is 4.74 Å². The van der Waals surface area contributed by atoms with Gasteiger partial charge in [0.15, 0.2) is 12.6 Å². The summed E-state index contributed by atoms with van der Waals surface area (Å²) in [5.41, 5.74) is 0.731. The number of rotatable bonds is 6. The fraction of sp³-hybridized carbons (Fsp3) is 0.522. The van der Waals surface area contributed by atoms with Crippen LogP contribution >= 0.6 is 11.6 Å². The maximum absolute atomic E-state index is 11.9. The molecule has 8 nitrogen and oxygen atoms in total. The van der Waals surface area contributed by atoms with Crippen LogP contribution in [0.5, 0.6) is 5.75 Å². The van der Waals surface area contributed by atoms with Crippen molar-refractivity contribution >= 4 is 23.5 Å². The molecule has 172 valence electrons. The Bertz CT molecular complexity index is 984. The quantitative estimate of drug-likeness (QED) is 0.626. The smallest absolute Gasteiger partial charge is 0.408 e. The summed E-state index contributed by atoms with van der Waals surface area (Å²) in [6.45, 7) is 4.22. The summed E-state index contributed by atoms with van der Waals surface area (Å²) < 4.78 is 10.6. The number of aromatic nitrogens is 2. The fourth-order valence-corrected chi connectivity index (χ4v) is 5.58. The third-order valence-electron chi connectivity index (χ3n) is 6.94. The summed E-state index contributed by atoms with van der Waals surface area (Å²) in [6, 6.07) is 9.39. The number of piperidine rings is 1. The molecule has 1 aromatic heterocycles. The predicted molar refractivity (Wildman–Crippen MR) is 122 cm³/mol. The van der Waals surface area contributed by atoms with Crippen molar-refractivity contribution in [3.8, 4) is 17.0 Å². The number of carboxylic acid groups (broad SMARTS) is 1. The van der Waals surface area contributed by atoms with Gasteiger partial charge in [0.25, 0.3) is 0 Å². The van der Waals surface area contributed by atoms with E-state index in [1.54, 1.807) is 24.1 Å². The van der Waals surface area contributed by atoms with Crippen molar-refractivity contribution in [3.63, 3.8) is 0 Å². The van der Waals surface area contributed by atoms with E-state index in [2.05, 4.69) is 28.9 Å². The van der Waals surface area contributed by atoms with Gasteiger partial charge in [-0.05, 0) is 69.9 Å². The molecular weight excluding hydrogens is 432 g/mol. The molecule has 1 aromatic carbocycles. The van der Waals surface area contributed by atoms with Crippen LogP contribution in [0, 0.1) is 0 Å². The van der Waals surface area contributed by atoms with Crippen LogP contribution in [0.1, 0.15) is 39.5 Å². The first-order valence-electron chi connectivity index (χ1n) is 10.7. The second-order valence-corrected chi connectivity index (χ2v) is 9.69. The standard InChI is InChI=1S/C23H29ClN4O4/c1-22-9-10-23(2,28(22)21(29)30)13-16(12-22)27(3)20-8-7-18(25-26-20)17-6-5-15(24)11-19(17)32-14-31-4/h5-8,11,16H,9-10,12-14H2,1-4H3,(H,29,30)/t16-,22+,23-. The van der Waals surface area contributed by atoms with Gasteiger partial charge in [0.2, 0.25) is 0 Å². The maximum atomic E-state index is 11.9. The molecule has 9 heteroatoms. The van der Waals surface area contributed by atoms with E-state index in [0.29, 0.717) is 16.5 Å². The largest absolute Gasteiger partial charge is 0.467 e. The van der Waals surface area contributed by atoms with Crippen LogP contribution in [-0.4, -0.2) is 64.4 Å². The van der Waals surface area contributed by atoms with Gasteiger partial charge < -0.3 is 19.5 Å². The molecule has 2 aliphatic rings. The van der Waals surface area contributed by atoms with Gasteiger partial charge in [-0.2, -0.15) is 0 Å². The van der Waals surface area contributed by atoms with E-state index >= 15 is 0 Å². The minimum absolute atomic E-state index is 0.105. The lowest BCUT2D eigenvalue weighted by Crippen LogP contribution is -2.62. The molecule has 0 saturated carbocycles. The number of ether oxygens (including phenoxy) is 2. The van der Waals surface area contributed by atoms with Gasteiger partial charge in [0.1, 0.15) is 5.75 Å². The lowest BCUT2D eigenvalue weighted by molar-refractivity contribution is 0.0131. The van der Waals surface area contributed by atoms with Gasteiger partial charge in [0, 0.05) is 41.9 Å². The fourth-order valence-electron chi connectivity index (χ4n) is 5.42. The minimum atomic E-state index is -0.827. The van der Waals surface area contributed by atoms with Crippen molar-refractivity contribution in [2.75, 3.05) is 25.9 Å². The Labute approximate surface area is 193 Å². The van der Waals surface area contributed by atoms with Crippen molar-refractivity contribution in [3.05, 3.63) is 35.4 Å². The number of benzene rings is 1. The Kier molecular flexibility index (Phi) is 5.94. The third kappa shape index (κ3) is 3.97. The molecule has 4 rings (SSSR count). The topological polar surface area (TPSA) is 88.0 Å². The van der Waals surface area contributed by atoms with Gasteiger partial charge in [-0.3, -0.25) is 4.90 Å². The first kappa shape index (κ1) is 22.6. The number of hydrogen-bond donors (Lipinski definition) is 1. The van der Waals surface area contributed by atoms with Gasteiger partial charge in [-0.15, -0.1) is 10.2 Å². The van der Waals surface area contributed by atoms with Crippen molar-refractivity contribution < 1.29 is 19.4 Å². The molecule has 0 radical (unpaired) electrons. The van der Waals surface area contributed by atoms with Crippen LogP contribution in [0.3, 0.4) is 0 Å². The average molecular weight is 461 g/mol. The van der Waals surface area contributed by atoms with Crippen LogP contribution in [0.2, 0.25) is 5.02 Å². The molecule has 2 aromatic rings. The van der Waals surface area contributed by atoms with Crippen LogP contribution < -0.4 is 9.64 Å². The summed E-state index contributed by atoms with van der Waals surface area (Å²) in [5.74, 6) is 1.33. The van der Waals surface area contributed by atoms with E-state index in [0.717, 1.165) is 37.1 Å². The van der Waals surface area contributed by atoms with Crippen molar-refractivity contribution in [1.29, 1.82) is 0 Å². The number of fused-ring (bicyclic) bond motifs is 2. The highest BCUT2D eigenvalue weighted by Gasteiger charge is 2.58. The molecule has 0 spiro atoms. The molecule has 32 heavy (non-hydrogen) atoms. The molecular formula is C23H29ClN4O4. The van der Waals surface area contributed by atoms with Crippen LogP contribution in [0.15, 0.2) is 30.3 Å². The van der Waals surface area contributed by atoms with E-state index < -0.39 is 6.09 Å². The molecule has 1 N–H and O–H groups in total. The number of carbonyl (C=O) groups is 1. The summed E-state index contributed by atoms with van der Waals surface area (Å²) in [7, 11) is 3.56. The van der Waals surface area contributed by atoms with Gasteiger partial charge in [0.05, 0.1) is 5.69 Å². The predicted octanol–water partition coefficient (Wildman–Crippen LogP) is 4.67. The Balaban J connectivity index is 1.55. The number of anilines is 1. The molecule has 2 bridgehead atoms. The lowest BCUT2D eigenvalue weighted by atomic mass is 9.82. The van der Waals surface area contributed by atoms with E-state index in [1.807, 2.05) is 25.2 Å². The maximum Gasteiger partial charge on any atom is 0.408 e. The highest BCUT2D eigenvalue weighted by molar-refractivity contribution is 6.30. The second kappa shape index (κ2) is 8.41. The van der Waals surface area contributed by atoms with E-state index in [4.69, 9.17) is 21.1 Å². The molecule has 2 aliphatic heterocycles. The third-order valence-corrected chi connectivity index (χ3v) is 7.17. The second-order valence-electron chi connectivity index (χ2n) is 9.25. The Hall–Kier alpha value is -2.58. The molecule has 3 atom stereocenters. The number of methoxy groups -OCH3 is 1. The Morgan fingerprint density at radius 1 is 1.22 bits per heavy atom. The SMILES string of the molecule is COCOc1cc(Cl)ccc1-c1ccc(N(C)[C@@H]2C[C@]3(C)CC[C@](C)(C2)N3C(=O)O)nn1. The Morgan fingerprint density at radius 3 is 2.47 bits per heavy atom. The molecule has 0 aliphatic carbocycles. The summed E-state index contributed by atoms with van der Waals surface area (Å²) >= 11 is 6.11. The number of hydrogen-bond acceptors (Lipinski definition) is 6. The number of halogens is 1. The minimum Gasteiger partial charge on any atom is -0.467 e. The van der Waals surface area contributed by atoms with Crippen molar-refractivity contribution in [2.24, 2.45) is 0 Å². The highest BCUT2D eigenvalue weighted by atomic mass is 35.5. The van der Waals surface area contributed by atoms with Crippen LogP contribution in [0.25, 0.3) is 11.3 Å². The van der Waals surface area contributed by atoms with Gasteiger partial charge >= 0.3 is 6.09 Å². The van der Waals surface area contributed by atoms with E-state index in [-0.39, 0.29) is 23.9 Å². The zero-order chi connectivity index (χ0) is 23.1. The number of nitrogens with zero attached hydrogens (tertiary/aromatic N) is 4. The zero-order valence-corrected chi connectivity index (χ0v) is 19.6. The first-order chi connectivity index (χ1) is 15.2. The monoisotopic (exact) mass is 460 g/mol. The zero-order valence-electron chi connectivity index (χ0n) is 18.8. The molecule has 2 fully saturated rings. The molecule has 0 unspecified atom stereocenters. The van der Waals surface area contributed by atoms with E-state index in [9.17, 15) is 9.90 Å².